The first-order valence-corrected chi connectivity index (χ1v) is 9.58. The first kappa shape index (κ1) is 21.3. The lowest BCUT2D eigenvalue weighted by molar-refractivity contribution is -0.134. The van der Waals surface area contributed by atoms with E-state index < -0.39 is 11.9 Å². The van der Waals surface area contributed by atoms with E-state index in [4.69, 9.17) is 10.2 Å². The molecular formula is C18H22N4O5S. The lowest BCUT2D eigenvalue weighted by atomic mass is 10.2. The highest BCUT2D eigenvalue weighted by Gasteiger charge is 2.15. The summed E-state index contributed by atoms with van der Waals surface area (Å²) in [5.74, 6) is -1.93. The Morgan fingerprint density at radius 1 is 1.21 bits per heavy atom. The molecule has 0 unspecified atom stereocenters. The molecule has 2 aromatic heterocycles. The third kappa shape index (κ3) is 6.97. The van der Waals surface area contributed by atoms with Gasteiger partial charge in [0.05, 0.1) is 0 Å². The maximum atomic E-state index is 12.5. The summed E-state index contributed by atoms with van der Waals surface area (Å²) in [7, 11) is 0. The van der Waals surface area contributed by atoms with Gasteiger partial charge < -0.3 is 25.0 Å². The minimum absolute atomic E-state index is 0.0182. The van der Waals surface area contributed by atoms with Gasteiger partial charge in [0.25, 0.3) is 5.56 Å². The van der Waals surface area contributed by atoms with Crippen LogP contribution >= 0.6 is 11.3 Å². The summed E-state index contributed by atoms with van der Waals surface area (Å²) in [5.41, 5.74) is 1.30. The summed E-state index contributed by atoms with van der Waals surface area (Å²) >= 11 is 1.69. The van der Waals surface area contributed by atoms with E-state index in [-0.39, 0.29) is 5.56 Å². The molecule has 0 atom stereocenters. The molecule has 0 aliphatic carbocycles. The molecule has 0 saturated carbocycles. The van der Waals surface area contributed by atoms with Crippen molar-refractivity contribution in [2.45, 2.75) is 13.0 Å². The van der Waals surface area contributed by atoms with Crippen LogP contribution in [0.25, 0.3) is 0 Å². The van der Waals surface area contributed by atoms with Gasteiger partial charge >= 0.3 is 11.9 Å². The Morgan fingerprint density at radius 3 is 2.46 bits per heavy atom. The molecule has 0 amide bonds. The third-order valence-electron chi connectivity index (χ3n) is 3.90. The molecule has 1 aliphatic rings. The summed E-state index contributed by atoms with van der Waals surface area (Å²) in [6.45, 7) is 4.21. The highest BCUT2D eigenvalue weighted by molar-refractivity contribution is 7.07. The largest absolute Gasteiger partial charge is 0.478 e. The molecule has 2 aromatic rings. The molecule has 3 N–H and O–H groups in total. The van der Waals surface area contributed by atoms with Crippen molar-refractivity contribution in [3.8, 4) is 0 Å². The number of thiophene rings is 1. The Balaban J connectivity index is 0.000000300. The zero-order valence-electron chi connectivity index (χ0n) is 15.2. The molecule has 9 nitrogen and oxygen atoms in total. The molecule has 3 rings (SSSR count). The number of hydrogen-bond acceptors (Lipinski definition) is 7. The van der Waals surface area contributed by atoms with Crippen molar-refractivity contribution in [2.24, 2.45) is 0 Å². The van der Waals surface area contributed by atoms with Crippen LogP contribution in [0.5, 0.6) is 0 Å². The number of hydrogen-bond donors (Lipinski definition) is 3. The van der Waals surface area contributed by atoms with Crippen LogP contribution in [0.15, 0.2) is 46.2 Å². The second kappa shape index (κ2) is 11.0. The van der Waals surface area contributed by atoms with Crippen molar-refractivity contribution in [2.75, 3.05) is 31.1 Å². The normalized spacial score (nSPS) is 13.8. The van der Waals surface area contributed by atoms with Gasteiger partial charge in [0.2, 0.25) is 0 Å². The summed E-state index contributed by atoms with van der Waals surface area (Å²) in [5, 5.41) is 23.1. The average molecular weight is 406 g/mol. The first-order valence-electron chi connectivity index (χ1n) is 8.63. The Hall–Kier alpha value is -2.98. The van der Waals surface area contributed by atoms with Gasteiger partial charge in [-0.15, -0.1) is 0 Å². The van der Waals surface area contributed by atoms with Crippen LogP contribution in [-0.4, -0.2) is 57.9 Å². The number of carboxylic acids is 2. The second-order valence-electron chi connectivity index (χ2n) is 5.88. The molecule has 10 heteroatoms. The summed E-state index contributed by atoms with van der Waals surface area (Å²) in [4.78, 5) is 37.9. The summed E-state index contributed by atoms with van der Waals surface area (Å²) in [6.07, 6.45) is 5.51. The van der Waals surface area contributed by atoms with Crippen LogP contribution in [0.2, 0.25) is 0 Å². The van der Waals surface area contributed by atoms with Crippen molar-refractivity contribution in [3.63, 3.8) is 0 Å². The molecule has 1 saturated heterocycles. The van der Waals surface area contributed by atoms with Crippen LogP contribution in [-0.2, 0) is 22.6 Å². The fourth-order valence-electron chi connectivity index (χ4n) is 2.53. The molecule has 1 fully saturated rings. The summed E-state index contributed by atoms with van der Waals surface area (Å²) < 4.78 is 1.77. The predicted octanol–water partition coefficient (Wildman–Crippen LogP) is 0.669. The van der Waals surface area contributed by atoms with E-state index in [0.717, 1.165) is 32.6 Å². The first-order chi connectivity index (χ1) is 13.5. The quantitative estimate of drug-likeness (QED) is 0.598. The zero-order valence-corrected chi connectivity index (χ0v) is 16.0. The molecule has 0 radical (unpaired) electrons. The topological polar surface area (TPSA) is 125 Å². The fourth-order valence-corrected chi connectivity index (χ4v) is 3.24. The number of aliphatic carboxylic acids is 2. The van der Waals surface area contributed by atoms with Gasteiger partial charge in [0.15, 0.2) is 5.82 Å². The third-order valence-corrected chi connectivity index (χ3v) is 4.63. The minimum atomic E-state index is -1.26. The lowest BCUT2D eigenvalue weighted by Gasteiger charge is -2.27. The van der Waals surface area contributed by atoms with Gasteiger partial charge in [-0.05, 0) is 28.8 Å². The smallest absolute Gasteiger partial charge is 0.328 e. The van der Waals surface area contributed by atoms with Crippen LogP contribution in [0.4, 0.5) is 5.82 Å². The number of aromatic nitrogens is 2. The molecule has 150 valence electrons. The van der Waals surface area contributed by atoms with Crippen LogP contribution in [0.1, 0.15) is 5.56 Å². The van der Waals surface area contributed by atoms with E-state index in [9.17, 15) is 14.4 Å². The number of aryl methyl sites for hydroxylation is 2. The van der Waals surface area contributed by atoms with Gasteiger partial charge in [0, 0.05) is 57.3 Å². The molecular weight excluding hydrogens is 384 g/mol. The Bertz CT molecular complexity index is 841. The summed E-state index contributed by atoms with van der Waals surface area (Å²) in [6, 6.07) is 2.11. The van der Waals surface area contributed by atoms with Crippen LogP contribution in [0.3, 0.4) is 0 Å². The van der Waals surface area contributed by atoms with Crippen molar-refractivity contribution in [3.05, 3.63) is 57.3 Å². The second-order valence-corrected chi connectivity index (χ2v) is 6.66. The maximum Gasteiger partial charge on any atom is 0.328 e. The predicted molar refractivity (Wildman–Crippen MR) is 106 cm³/mol. The molecule has 0 spiro atoms. The monoisotopic (exact) mass is 406 g/mol. The van der Waals surface area contributed by atoms with Gasteiger partial charge in [-0.3, -0.25) is 4.79 Å². The average Bonchev–Trinajstić information content (AvgIpc) is 3.20. The van der Waals surface area contributed by atoms with E-state index in [1.54, 1.807) is 28.3 Å². The highest BCUT2D eigenvalue weighted by Crippen LogP contribution is 2.08. The van der Waals surface area contributed by atoms with Gasteiger partial charge in [-0.2, -0.15) is 11.3 Å². The van der Waals surface area contributed by atoms with E-state index >= 15 is 0 Å². The molecule has 1 aliphatic heterocycles. The zero-order chi connectivity index (χ0) is 20.4. The Kier molecular flexibility index (Phi) is 8.37. The minimum Gasteiger partial charge on any atom is -0.478 e. The standard InChI is InChI=1S/C14H18N4OS.C4H4O4/c19-14-13(17-7-3-15-4-8-17)16-5-9-18(14)6-1-12-2-10-20-11-12;5-3(6)1-2-4(7)8/h2,5,9-11,15H,1,3-4,6-8H2;1-2H,(H,5,6)(H,7,8)/b;2-1-. The van der Waals surface area contributed by atoms with Gasteiger partial charge in [-0.1, -0.05) is 0 Å². The number of nitrogens with one attached hydrogen (secondary N) is 1. The van der Waals surface area contributed by atoms with E-state index in [0.29, 0.717) is 24.5 Å². The SMILES string of the molecule is O=C(O)/C=C\C(=O)O.O=c1c(N2CCNCC2)nccn1CCc1ccsc1. The van der Waals surface area contributed by atoms with Crippen LogP contribution < -0.4 is 15.8 Å². The van der Waals surface area contributed by atoms with Crippen molar-refractivity contribution in [1.29, 1.82) is 0 Å². The number of rotatable bonds is 6. The van der Waals surface area contributed by atoms with Gasteiger partial charge in [-0.25, -0.2) is 14.6 Å². The Labute approximate surface area is 165 Å². The van der Waals surface area contributed by atoms with Crippen molar-refractivity contribution in [1.82, 2.24) is 14.9 Å². The molecule has 3 heterocycles. The fraction of sp³-hybridized carbons (Fsp3) is 0.333. The number of piperazine rings is 1. The van der Waals surface area contributed by atoms with Gasteiger partial charge in [0.1, 0.15) is 0 Å². The number of anilines is 1. The van der Waals surface area contributed by atoms with E-state index in [1.165, 1.54) is 5.56 Å². The number of carbonyl (C=O) groups is 2. The van der Waals surface area contributed by atoms with Crippen LogP contribution in [0, 0.1) is 0 Å². The van der Waals surface area contributed by atoms with Crippen molar-refractivity contribution >= 4 is 29.1 Å². The van der Waals surface area contributed by atoms with Crippen molar-refractivity contribution < 1.29 is 19.8 Å². The number of carboxylic acid groups (broad SMARTS) is 2. The molecule has 28 heavy (non-hydrogen) atoms. The lowest BCUT2D eigenvalue weighted by Crippen LogP contribution is -2.46. The van der Waals surface area contributed by atoms with E-state index in [1.807, 2.05) is 0 Å². The maximum absolute atomic E-state index is 12.5. The Morgan fingerprint density at radius 2 is 1.89 bits per heavy atom. The molecule has 0 aromatic carbocycles. The van der Waals surface area contributed by atoms with E-state index in [2.05, 4.69) is 32.0 Å². The highest BCUT2D eigenvalue weighted by atomic mass is 32.1. The number of nitrogens with zero attached hydrogens (tertiary/aromatic N) is 3. The molecule has 0 bridgehead atoms.